The summed E-state index contributed by atoms with van der Waals surface area (Å²) in [5.41, 5.74) is 1.62. The van der Waals surface area contributed by atoms with Gasteiger partial charge in [-0.2, -0.15) is 0 Å². The standard InChI is InChI=1S/C15H18N2O2S/c1-4-19-14(18)13-10-16-15(20-3)17(13)11(2)12-8-6-5-7-9-12/h5-11H,4H2,1-3H3. The van der Waals surface area contributed by atoms with Crippen LogP contribution in [-0.4, -0.2) is 28.4 Å². The zero-order valence-corrected chi connectivity index (χ0v) is 12.7. The smallest absolute Gasteiger partial charge is 0.356 e. The van der Waals surface area contributed by atoms with Gasteiger partial charge in [-0.3, -0.25) is 0 Å². The van der Waals surface area contributed by atoms with Crippen LogP contribution in [0.1, 0.15) is 35.9 Å². The Morgan fingerprint density at radius 2 is 2.10 bits per heavy atom. The number of thioether (sulfide) groups is 1. The lowest BCUT2D eigenvalue weighted by atomic mass is 10.1. The molecule has 0 fully saturated rings. The molecule has 0 aliphatic carbocycles. The van der Waals surface area contributed by atoms with Gasteiger partial charge < -0.3 is 9.30 Å². The fraction of sp³-hybridized carbons (Fsp3) is 0.333. The second kappa shape index (κ2) is 6.61. The number of hydrogen-bond donors (Lipinski definition) is 0. The number of ether oxygens (including phenoxy) is 1. The molecule has 1 aromatic carbocycles. The first-order valence-corrected chi connectivity index (χ1v) is 7.74. The van der Waals surface area contributed by atoms with E-state index in [1.54, 1.807) is 13.1 Å². The van der Waals surface area contributed by atoms with E-state index < -0.39 is 0 Å². The topological polar surface area (TPSA) is 44.1 Å². The number of hydrogen-bond acceptors (Lipinski definition) is 4. The van der Waals surface area contributed by atoms with Crippen LogP contribution in [0.2, 0.25) is 0 Å². The third-order valence-electron chi connectivity index (χ3n) is 3.10. The van der Waals surface area contributed by atoms with Crippen molar-refractivity contribution in [1.29, 1.82) is 0 Å². The molecule has 0 aliphatic heterocycles. The summed E-state index contributed by atoms with van der Waals surface area (Å²) in [6, 6.07) is 10.1. The molecule has 0 saturated carbocycles. The zero-order valence-electron chi connectivity index (χ0n) is 11.9. The summed E-state index contributed by atoms with van der Waals surface area (Å²) < 4.78 is 7.03. The Morgan fingerprint density at radius 1 is 1.40 bits per heavy atom. The van der Waals surface area contributed by atoms with Gasteiger partial charge in [-0.1, -0.05) is 42.1 Å². The van der Waals surface area contributed by atoms with Gasteiger partial charge in [0.2, 0.25) is 0 Å². The molecule has 0 saturated heterocycles. The molecule has 0 N–H and O–H groups in total. The number of imidazole rings is 1. The number of nitrogens with zero attached hydrogens (tertiary/aromatic N) is 2. The van der Waals surface area contributed by atoms with Crippen LogP contribution in [0, 0.1) is 0 Å². The minimum atomic E-state index is -0.330. The second-order valence-electron chi connectivity index (χ2n) is 4.31. The Bertz CT molecular complexity index is 581. The van der Waals surface area contributed by atoms with Crippen LogP contribution >= 0.6 is 11.8 Å². The summed E-state index contributed by atoms with van der Waals surface area (Å²) in [5.74, 6) is -0.330. The maximum atomic E-state index is 12.0. The predicted octanol–water partition coefficient (Wildman–Crippen LogP) is 3.39. The fourth-order valence-electron chi connectivity index (χ4n) is 2.11. The summed E-state index contributed by atoms with van der Waals surface area (Å²) in [6.45, 7) is 4.21. The number of carbonyl (C=O) groups excluding carboxylic acids is 1. The Kier molecular flexibility index (Phi) is 4.84. The van der Waals surface area contributed by atoms with Gasteiger partial charge in [0.1, 0.15) is 5.69 Å². The van der Waals surface area contributed by atoms with Crippen LogP contribution in [0.25, 0.3) is 0 Å². The van der Waals surface area contributed by atoms with Crippen molar-refractivity contribution in [1.82, 2.24) is 9.55 Å². The van der Waals surface area contributed by atoms with E-state index in [2.05, 4.69) is 11.9 Å². The van der Waals surface area contributed by atoms with E-state index in [1.807, 2.05) is 41.2 Å². The first-order valence-electron chi connectivity index (χ1n) is 6.52. The van der Waals surface area contributed by atoms with Gasteiger partial charge in [0, 0.05) is 0 Å². The van der Waals surface area contributed by atoms with E-state index in [9.17, 15) is 4.79 Å². The molecule has 1 heterocycles. The lowest BCUT2D eigenvalue weighted by Gasteiger charge is -2.18. The molecule has 5 heteroatoms. The van der Waals surface area contributed by atoms with E-state index in [4.69, 9.17) is 4.74 Å². The molecule has 20 heavy (non-hydrogen) atoms. The third-order valence-corrected chi connectivity index (χ3v) is 3.77. The monoisotopic (exact) mass is 290 g/mol. The summed E-state index contributed by atoms with van der Waals surface area (Å²) in [5, 5.41) is 0.810. The number of esters is 1. The lowest BCUT2D eigenvalue weighted by Crippen LogP contribution is -2.16. The highest BCUT2D eigenvalue weighted by molar-refractivity contribution is 7.98. The summed E-state index contributed by atoms with van der Waals surface area (Å²) in [6.07, 6.45) is 3.54. The van der Waals surface area contributed by atoms with Crippen LogP contribution < -0.4 is 0 Å². The molecule has 1 unspecified atom stereocenters. The highest BCUT2D eigenvalue weighted by Gasteiger charge is 2.21. The lowest BCUT2D eigenvalue weighted by molar-refractivity contribution is 0.0511. The molecule has 0 amide bonds. The highest BCUT2D eigenvalue weighted by atomic mass is 32.2. The third kappa shape index (κ3) is 2.88. The summed E-state index contributed by atoms with van der Waals surface area (Å²) in [7, 11) is 0. The zero-order chi connectivity index (χ0) is 14.5. The van der Waals surface area contributed by atoms with Crippen molar-refractivity contribution in [2.75, 3.05) is 12.9 Å². The van der Waals surface area contributed by atoms with E-state index in [1.165, 1.54) is 11.8 Å². The van der Waals surface area contributed by atoms with Gasteiger partial charge in [-0.05, 0) is 25.7 Å². The van der Waals surface area contributed by atoms with Gasteiger partial charge in [-0.25, -0.2) is 9.78 Å². The van der Waals surface area contributed by atoms with Crippen molar-refractivity contribution in [2.24, 2.45) is 0 Å². The molecular formula is C15H18N2O2S. The van der Waals surface area contributed by atoms with E-state index in [-0.39, 0.29) is 12.0 Å². The van der Waals surface area contributed by atoms with Crippen molar-refractivity contribution in [3.63, 3.8) is 0 Å². The van der Waals surface area contributed by atoms with Crippen molar-refractivity contribution in [3.8, 4) is 0 Å². The molecule has 2 rings (SSSR count). The maximum Gasteiger partial charge on any atom is 0.356 e. The number of rotatable bonds is 5. The van der Waals surface area contributed by atoms with Gasteiger partial charge in [0.25, 0.3) is 0 Å². The molecule has 0 radical (unpaired) electrons. The van der Waals surface area contributed by atoms with E-state index in [0.717, 1.165) is 10.7 Å². The molecule has 0 bridgehead atoms. The summed E-state index contributed by atoms with van der Waals surface area (Å²) >= 11 is 1.52. The van der Waals surface area contributed by atoms with Crippen LogP contribution in [0.3, 0.4) is 0 Å². The van der Waals surface area contributed by atoms with Crippen molar-refractivity contribution >= 4 is 17.7 Å². The number of benzene rings is 1. The Labute approximate surface area is 123 Å². The molecule has 1 atom stereocenters. The quantitative estimate of drug-likeness (QED) is 0.625. The number of aromatic nitrogens is 2. The average Bonchev–Trinajstić information content (AvgIpc) is 2.91. The van der Waals surface area contributed by atoms with Gasteiger partial charge in [0.05, 0.1) is 18.8 Å². The van der Waals surface area contributed by atoms with Crippen molar-refractivity contribution in [2.45, 2.75) is 25.0 Å². The minimum absolute atomic E-state index is 0.0283. The van der Waals surface area contributed by atoms with E-state index in [0.29, 0.717) is 12.3 Å². The second-order valence-corrected chi connectivity index (χ2v) is 5.08. The molecule has 106 valence electrons. The van der Waals surface area contributed by atoms with Crippen LogP contribution in [0.4, 0.5) is 0 Å². The van der Waals surface area contributed by atoms with Crippen LogP contribution in [0.5, 0.6) is 0 Å². The van der Waals surface area contributed by atoms with Crippen molar-refractivity contribution < 1.29 is 9.53 Å². The average molecular weight is 290 g/mol. The number of carbonyl (C=O) groups is 1. The minimum Gasteiger partial charge on any atom is -0.461 e. The molecular weight excluding hydrogens is 272 g/mol. The largest absolute Gasteiger partial charge is 0.461 e. The van der Waals surface area contributed by atoms with Crippen LogP contribution in [-0.2, 0) is 4.74 Å². The van der Waals surface area contributed by atoms with Gasteiger partial charge in [-0.15, -0.1) is 0 Å². The molecule has 0 spiro atoms. The Balaban J connectivity index is 2.43. The fourth-order valence-corrected chi connectivity index (χ4v) is 2.72. The highest BCUT2D eigenvalue weighted by Crippen LogP contribution is 2.26. The first kappa shape index (κ1) is 14.7. The molecule has 2 aromatic rings. The molecule has 1 aromatic heterocycles. The van der Waals surface area contributed by atoms with Gasteiger partial charge in [0.15, 0.2) is 5.16 Å². The van der Waals surface area contributed by atoms with Crippen molar-refractivity contribution in [3.05, 3.63) is 47.8 Å². The van der Waals surface area contributed by atoms with Crippen LogP contribution in [0.15, 0.2) is 41.7 Å². The maximum absolute atomic E-state index is 12.0. The van der Waals surface area contributed by atoms with E-state index >= 15 is 0 Å². The Hall–Kier alpha value is -1.75. The summed E-state index contributed by atoms with van der Waals surface area (Å²) in [4.78, 5) is 16.3. The SMILES string of the molecule is CCOC(=O)c1cnc(SC)n1C(C)c1ccccc1. The van der Waals surface area contributed by atoms with Gasteiger partial charge >= 0.3 is 5.97 Å². The normalized spacial score (nSPS) is 12.2. The first-order chi connectivity index (χ1) is 9.69. The predicted molar refractivity (Wildman–Crippen MR) is 80.2 cm³/mol. The Morgan fingerprint density at radius 3 is 2.70 bits per heavy atom. The molecule has 4 nitrogen and oxygen atoms in total. The molecule has 0 aliphatic rings.